The van der Waals surface area contributed by atoms with Gasteiger partial charge in [-0.25, -0.2) is 4.79 Å². The Bertz CT molecular complexity index is 716. The molecule has 2 heterocycles. The summed E-state index contributed by atoms with van der Waals surface area (Å²) in [5, 5.41) is 20.8. The lowest BCUT2D eigenvalue weighted by Gasteiger charge is -2.19. The van der Waals surface area contributed by atoms with Crippen LogP contribution in [0.4, 0.5) is 0 Å². The first kappa shape index (κ1) is 19.0. The fraction of sp³-hybridized carbons (Fsp3) is 0.526. The molecule has 142 valence electrons. The van der Waals surface area contributed by atoms with Crippen LogP contribution in [0.5, 0.6) is 11.5 Å². The number of carbonyl (C=O) groups excluding carboxylic acids is 1. The molecule has 0 aliphatic carbocycles. The largest absolute Gasteiger partial charge is 0.507 e. The Balaban J connectivity index is 1.98. The summed E-state index contributed by atoms with van der Waals surface area (Å²) >= 11 is 6.35. The number of aromatic hydroxyl groups is 1. The highest BCUT2D eigenvalue weighted by Gasteiger charge is 2.39. The third kappa shape index (κ3) is 4.14. The second kappa shape index (κ2) is 7.86. The van der Waals surface area contributed by atoms with E-state index >= 15 is 0 Å². The molecule has 7 heteroatoms. The van der Waals surface area contributed by atoms with Crippen molar-refractivity contribution in [3.05, 3.63) is 34.4 Å². The number of esters is 1. The number of carbonyl (C=O) groups is 1. The number of aliphatic hydroxyl groups excluding tert-OH is 1. The van der Waals surface area contributed by atoms with Crippen molar-refractivity contribution in [1.82, 2.24) is 0 Å². The Labute approximate surface area is 157 Å². The van der Waals surface area contributed by atoms with Gasteiger partial charge in [0.25, 0.3) is 0 Å². The SMILES string of the molecule is COc1cc(O)c2c(c1Cl)C[C@@H](O)/C=C/CC[C@@H]1O[C@H]1C[C@@H](C)OC2=O. The number of phenolic OH excluding ortho intramolecular Hbond substituents is 1. The molecular formula is C19H23ClO6. The molecular weight excluding hydrogens is 360 g/mol. The number of benzene rings is 1. The molecule has 4 atom stereocenters. The van der Waals surface area contributed by atoms with E-state index < -0.39 is 12.1 Å². The van der Waals surface area contributed by atoms with Crippen LogP contribution in [0.2, 0.25) is 5.02 Å². The van der Waals surface area contributed by atoms with E-state index in [1.165, 1.54) is 13.2 Å². The van der Waals surface area contributed by atoms with Crippen LogP contribution in [-0.2, 0) is 15.9 Å². The summed E-state index contributed by atoms with van der Waals surface area (Å²) in [5.74, 6) is -0.738. The normalized spacial score (nSPS) is 30.4. The van der Waals surface area contributed by atoms with Crippen molar-refractivity contribution in [1.29, 1.82) is 0 Å². The van der Waals surface area contributed by atoms with Gasteiger partial charge in [0.15, 0.2) is 0 Å². The molecule has 6 nitrogen and oxygen atoms in total. The topological polar surface area (TPSA) is 88.5 Å². The van der Waals surface area contributed by atoms with E-state index in [0.717, 1.165) is 12.8 Å². The van der Waals surface area contributed by atoms with Crippen LogP contribution in [-0.4, -0.2) is 47.7 Å². The number of rotatable bonds is 1. The number of phenols is 1. The quantitative estimate of drug-likeness (QED) is 0.441. The lowest BCUT2D eigenvalue weighted by atomic mass is 9.98. The number of hydrogen-bond donors (Lipinski definition) is 2. The molecule has 1 aromatic carbocycles. The molecule has 0 aromatic heterocycles. The van der Waals surface area contributed by atoms with Crippen LogP contribution in [0.25, 0.3) is 0 Å². The van der Waals surface area contributed by atoms with Crippen molar-refractivity contribution in [2.75, 3.05) is 7.11 Å². The van der Waals surface area contributed by atoms with E-state index in [2.05, 4.69) is 0 Å². The van der Waals surface area contributed by atoms with Crippen molar-refractivity contribution in [3.63, 3.8) is 0 Å². The van der Waals surface area contributed by atoms with Gasteiger partial charge < -0.3 is 24.4 Å². The Morgan fingerprint density at radius 2 is 2.12 bits per heavy atom. The maximum Gasteiger partial charge on any atom is 0.342 e. The zero-order chi connectivity index (χ0) is 18.8. The van der Waals surface area contributed by atoms with Gasteiger partial charge in [0.2, 0.25) is 0 Å². The van der Waals surface area contributed by atoms with Crippen molar-refractivity contribution >= 4 is 17.6 Å². The van der Waals surface area contributed by atoms with Gasteiger partial charge in [0.05, 0.1) is 30.4 Å². The third-order valence-corrected chi connectivity index (χ3v) is 5.09. The molecule has 0 unspecified atom stereocenters. The van der Waals surface area contributed by atoms with Crippen molar-refractivity contribution in [3.8, 4) is 11.5 Å². The molecule has 3 rings (SSSR count). The highest BCUT2D eigenvalue weighted by Crippen LogP contribution is 2.39. The summed E-state index contributed by atoms with van der Waals surface area (Å²) in [6.07, 6.45) is 4.88. The Hall–Kier alpha value is -1.76. The minimum absolute atomic E-state index is 0.0413. The number of halogens is 1. The van der Waals surface area contributed by atoms with Gasteiger partial charge >= 0.3 is 5.97 Å². The number of epoxide rings is 1. The monoisotopic (exact) mass is 382 g/mol. The first-order valence-corrected chi connectivity index (χ1v) is 9.08. The van der Waals surface area contributed by atoms with Crippen LogP contribution in [0, 0.1) is 0 Å². The average molecular weight is 383 g/mol. The highest BCUT2D eigenvalue weighted by molar-refractivity contribution is 6.33. The molecule has 0 spiro atoms. The molecule has 0 saturated carbocycles. The number of ether oxygens (including phenoxy) is 3. The van der Waals surface area contributed by atoms with Crippen LogP contribution in [0.1, 0.15) is 42.1 Å². The van der Waals surface area contributed by atoms with Gasteiger partial charge in [-0.1, -0.05) is 23.8 Å². The molecule has 0 amide bonds. The summed E-state index contributed by atoms with van der Waals surface area (Å²) in [5.41, 5.74) is 0.260. The first-order valence-electron chi connectivity index (χ1n) is 8.70. The van der Waals surface area contributed by atoms with Gasteiger partial charge in [-0.3, -0.25) is 0 Å². The summed E-state index contributed by atoms with van der Waals surface area (Å²) in [6, 6.07) is 1.28. The van der Waals surface area contributed by atoms with Crippen LogP contribution < -0.4 is 4.74 Å². The van der Waals surface area contributed by atoms with E-state index in [0.29, 0.717) is 12.0 Å². The van der Waals surface area contributed by atoms with Crippen LogP contribution in [0.3, 0.4) is 0 Å². The summed E-state index contributed by atoms with van der Waals surface area (Å²) in [4.78, 5) is 12.7. The number of methoxy groups -OCH3 is 1. The van der Waals surface area contributed by atoms with E-state index in [4.69, 9.17) is 25.8 Å². The predicted octanol–water partition coefficient (Wildman–Crippen LogP) is 3.01. The minimum Gasteiger partial charge on any atom is -0.507 e. The Kier molecular flexibility index (Phi) is 5.75. The molecule has 2 N–H and O–H groups in total. The minimum atomic E-state index is -0.859. The number of cyclic esters (lactones) is 1. The maximum atomic E-state index is 12.7. The molecule has 1 saturated heterocycles. The van der Waals surface area contributed by atoms with Gasteiger partial charge in [0.1, 0.15) is 23.2 Å². The second-order valence-corrected chi connectivity index (χ2v) is 7.09. The molecule has 0 radical (unpaired) electrons. The predicted molar refractivity (Wildman–Crippen MR) is 95.9 cm³/mol. The van der Waals surface area contributed by atoms with Crippen molar-refractivity contribution in [2.45, 2.75) is 57.0 Å². The number of allylic oxidation sites excluding steroid dienone is 1. The van der Waals surface area contributed by atoms with Crippen molar-refractivity contribution in [2.24, 2.45) is 0 Å². The smallest absolute Gasteiger partial charge is 0.342 e. The molecule has 26 heavy (non-hydrogen) atoms. The zero-order valence-corrected chi connectivity index (χ0v) is 15.5. The number of aliphatic hydroxyl groups is 1. The Morgan fingerprint density at radius 1 is 1.35 bits per heavy atom. The van der Waals surface area contributed by atoms with Gasteiger partial charge in [-0.2, -0.15) is 0 Å². The Morgan fingerprint density at radius 3 is 2.85 bits per heavy atom. The van der Waals surface area contributed by atoms with Crippen LogP contribution >= 0.6 is 11.6 Å². The molecule has 2 aliphatic heterocycles. The van der Waals surface area contributed by atoms with E-state index in [1.54, 1.807) is 13.0 Å². The first-order chi connectivity index (χ1) is 12.4. The van der Waals surface area contributed by atoms with E-state index in [9.17, 15) is 15.0 Å². The average Bonchev–Trinajstić information content (AvgIpc) is 3.31. The summed E-state index contributed by atoms with van der Waals surface area (Å²) in [6.45, 7) is 1.79. The molecule has 1 fully saturated rings. The van der Waals surface area contributed by atoms with Gasteiger partial charge in [-0.15, -0.1) is 0 Å². The third-order valence-electron chi connectivity index (χ3n) is 4.68. The van der Waals surface area contributed by atoms with Crippen molar-refractivity contribution < 1.29 is 29.2 Å². The zero-order valence-electron chi connectivity index (χ0n) is 14.8. The fourth-order valence-corrected chi connectivity index (χ4v) is 3.59. The van der Waals surface area contributed by atoms with Crippen LogP contribution in [0.15, 0.2) is 18.2 Å². The lowest BCUT2D eigenvalue weighted by Crippen LogP contribution is -2.20. The molecule has 2 aliphatic rings. The van der Waals surface area contributed by atoms with Gasteiger partial charge in [-0.05, 0) is 25.3 Å². The number of fused-ring (bicyclic) bond motifs is 2. The van der Waals surface area contributed by atoms with Gasteiger partial charge in [0, 0.05) is 18.9 Å². The number of hydrogen-bond acceptors (Lipinski definition) is 6. The summed E-state index contributed by atoms with van der Waals surface area (Å²) < 4.78 is 16.2. The maximum absolute atomic E-state index is 12.7. The van der Waals surface area contributed by atoms with E-state index in [1.807, 2.05) is 6.08 Å². The molecule has 1 aromatic rings. The lowest BCUT2D eigenvalue weighted by molar-refractivity contribution is 0.0305. The summed E-state index contributed by atoms with van der Waals surface area (Å²) in [7, 11) is 1.42. The molecule has 0 bridgehead atoms. The standard InChI is InChI=1S/C19H23ClO6/c1-10-7-15-14(26-15)6-4-3-5-11(21)8-12-17(19(23)25-10)13(22)9-16(24-2)18(12)20/h3,5,9-11,14-15,21-22H,4,6-8H2,1-2H3/b5-3+/t10-,11+,14+,15+/m1/s1. The highest BCUT2D eigenvalue weighted by atomic mass is 35.5. The second-order valence-electron chi connectivity index (χ2n) is 6.71. The fourth-order valence-electron chi connectivity index (χ4n) is 3.29. The van der Waals surface area contributed by atoms with E-state index in [-0.39, 0.29) is 46.8 Å².